The van der Waals surface area contributed by atoms with E-state index in [1.807, 2.05) is 23.9 Å². The highest BCUT2D eigenvalue weighted by molar-refractivity contribution is 8.00. The summed E-state index contributed by atoms with van der Waals surface area (Å²) in [6.07, 6.45) is 3.88. The summed E-state index contributed by atoms with van der Waals surface area (Å²) in [7, 11) is 1.73. The summed E-state index contributed by atoms with van der Waals surface area (Å²) < 4.78 is 5.37. The Labute approximate surface area is 102 Å². The number of nitrogens with two attached hydrogens (primary N) is 1. The molecule has 1 aromatic rings. The van der Waals surface area contributed by atoms with Crippen molar-refractivity contribution in [3.05, 3.63) is 24.3 Å². The van der Waals surface area contributed by atoms with Crippen molar-refractivity contribution >= 4 is 11.8 Å². The third-order valence-corrected chi connectivity index (χ3v) is 4.75. The lowest BCUT2D eigenvalue weighted by Gasteiger charge is -2.18. The molecule has 16 heavy (non-hydrogen) atoms. The van der Waals surface area contributed by atoms with Gasteiger partial charge in [0.25, 0.3) is 0 Å². The highest BCUT2D eigenvalue weighted by Crippen LogP contribution is 2.41. The van der Waals surface area contributed by atoms with Crippen LogP contribution in [-0.2, 0) is 0 Å². The second kappa shape index (κ2) is 5.60. The first-order chi connectivity index (χ1) is 7.85. The molecule has 88 valence electrons. The van der Waals surface area contributed by atoms with Crippen LogP contribution >= 0.6 is 11.8 Å². The first-order valence-electron chi connectivity index (χ1n) is 5.85. The molecule has 0 saturated heterocycles. The van der Waals surface area contributed by atoms with E-state index in [1.165, 1.54) is 24.2 Å². The normalized spacial score (nSPS) is 24.6. The number of para-hydroxylation sites is 1. The highest BCUT2D eigenvalue weighted by atomic mass is 32.2. The lowest BCUT2D eigenvalue weighted by molar-refractivity contribution is 0.404. The molecule has 0 radical (unpaired) electrons. The fourth-order valence-corrected chi connectivity index (χ4v) is 3.78. The first kappa shape index (κ1) is 11.8. The maximum Gasteiger partial charge on any atom is 0.132 e. The van der Waals surface area contributed by atoms with Gasteiger partial charge in [0.05, 0.1) is 7.11 Å². The number of methoxy groups -OCH3 is 1. The molecule has 0 amide bonds. The van der Waals surface area contributed by atoms with Gasteiger partial charge in [0.15, 0.2) is 0 Å². The molecule has 2 rings (SSSR count). The van der Waals surface area contributed by atoms with Crippen molar-refractivity contribution in [2.45, 2.75) is 29.4 Å². The van der Waals surface area contributed by atoms with Crippen LogP contribution in [0.25, 0.3) is 0 Å². The summed E-state index contributed by atoms with van der Waals surface area (Å²) in [5.74, 6) is 1.66. The number of hydrogen-bond donors (Lipinski definition) is 1. The second-order valence-electron chi connectivity index (χ2n) is 4.23. The van der Waals surface area contributed by atoms with E-state index in [-0.39, 0.29) is 0 Å². The zero-order valence-corrected chi connectivity index (χ0v) is 10.5. The van der Waals surface area contributed by atoms with Gasteiger partial charge in [-0.05, 0) is 37.4 Å². The van der Waals surface area contributed by atoms with Crippen LogP contribution in [0.4, 0.5) is 0 Å². The zero-order chi connectivity index (χ0) is 11.4. The second-order valence-corrected chi connectivity index (χ2v) is 5.51. The van der Waals surface area contributed by atoms with E-state index >= 15 is 0 Å². The predicted octanol–water partition coefficient (Wildman–Crippen LogP) is 2.91. The minimum atomic E-state index is 0.668. The highest BCUT2D eigenvalue weighted by Gasteiger charge is 2.27. The predicted molar refractivity (Wildman–Crippen MR) is 69.0 cm³/mol. The summed E-state index contributed by atoms with van der Waals surface area (Å²) in [6, 6.07) is 8.24. The minimum absolute atomic E-state index is 0.668. The van der Waals surface area contributed by atoms with Gasteiger partial charge in [0, 0.05) is 10.1 Å². The Morgan fingerprint density at radius 1 is 1.38 bits per heavy atom. The molecule has 2 N–H and O–H groups in total. The smallest absolute Gasteiger partial charge is 0.132 e. The van der Waals surface area contributed by atoms with Gasteiger partial charge < -0.3 is 10.5 Å². The van der Waals surface area contributed by atoms with Crippen molar-refractivity contribution in [3.63, 3.8) is 0 Å². The third kappa shape index (κ3) is 2.53. The zero-order valence-electron chi connectivity index (χ0n) is 9.69. The van der Waals surface area contributed by atoms with E-state index in [1.54, 1.807) is 7.11 Å². The van der Waals surface area contributed by atoms with E-state index in [0.717, 1.165) is 12.3 Å². The molecule has 0 aliphatic heterocycles. The van der Waals surface area contributed by atoms with Crippen LogP contribution in [0.3, 0.4) is 0 Å². The average molecular weight is 237 g/mol. The summed E-state index contributed by atoms with van der Waals surface area (Å²) >= 11 is 1.93. The van der Waals surface area contributed by atoms with Crippen LogP contribution in [0, 0.1) is 5.92 Å². The number of rotatable bonds is 4. The molecule has 0 heterocycles. The van der Waals surface area contributed by atoms with E-state index in [9.17, 15) is 0 Å². The van der Waals surface area contributed by atoms with Crippen molar-refractivity contribution in [1.29, 1.82) is 0 Å². The average Bonchev–Trinajstić information content (AvgIpc) is 2.77. The third-order valence-electron chi connectivity index (χ3n) is 3.24. The van der Waals surface area contributed by atoms with Crippen LogP contribution < -0.4 is 10.5 Å². The van der Waals surface area contributed by atoms with Gasteiger partial charge in [0.2, 0.25) is 0 Å². The van der Waals surface area contributed by atoms with E-state index in [2.05, 4.69) is 12.1 Å². The number of hydrogen-bond acceptors (Lipinski definition) is 3. The summed E-state index contributed by atoms with van der Waals surface area (Å²) in [6.45, 7) is 0.812. The summed E-state index contributed by atoms with van der Waals surface area (Å²) in [5.41, 5.74) is 5.80. The molecular formula is C13H19NOS. The molecule has 1 fully saturated rings. The molecular weight excluding hydrogens is 218 g/mol. The Kier molecular flexibility index (Phi) is 4.13. The Balaban J connectivity index is 2.08. The maximum atomic E-state index is 5.80. The van der Waals surface area contributed by atoms with Gasteiger partial charge in [0.1, 0.15) is 5.75 Å². The quantitative estimate of drug-likeness (QED) is 0.874. The SMILES string of the molecule is COc1ccccc1SC1CCCC1CN. The fourth-order valence-electron chi connectivity index (χ4n) is 2.31. The Morgan fingerprint density at radius 3 is 2.94 bits per heavy atom. The molecule has 0 bridgehead atoms. The van der Waals surface area contributed by atoms with Gasteiger partial charge >= 0.3 is 0 Å². The van der Waals surface area contributed by atoms with Crippen molar-refractivity contribution in [3.8, 4) is 5.75 Å². The van der Waals surface area contributed by atoms with E-state index < -0.39 is 0 Å². The molecule has 1 aromatic carbocycles. The molecule has 0 spiro atoms. The number of thioether (sulfide) groups is 1. The van der Waals surface area contributed by atoms with Crippen molar-refractivity contribution < 1.29 is 4.74 Å². The monoisotopic (exact) mass is 237 g/mol. The van der Waals surface area contributed by atoms with Crippen molar-refractivity contribution in [2.75, 3.05) is 13.7 Å². The lowest BCUT2D eigenvalue weighted by Crippen LogP contribution is -2.20. The Morgan fingerprint density at radius 2 is 2.19 bits per heavy atom. The van der Waals surface area contributed by atoms with Crippen molar-refractivity contribution in [2.24, 2.45) is 11.7 Å². The topological polar surface area (TPSA) is 35.2 Å². The fraction of sp³-hybridized carbons (Fsp3) is 0.538. The van der Waals surface area contributed by atoms with E-state index in [0.29, 0.717) is 11.2 Å². The van der Waals surface area contributed by atoms with Gasteiger partial charge in [-0.3, -0.25) is 0 Å². The van der Waals surface area contributed by atoms with Gasteiger partial charge in [-0.25, -0.2) is 0 Å². The van der Waals surface area contributed by atoms with Gasteiger partial charge in [-0.15, -0.1) is 11.8 Å². The first-order valence-corrected chi connectivity index (χ1v) is 6.73. The Bertz CT molecular complexity index is 342. The molecule has 0 aromatic heterocycles. The van der Waals surface area contributed by atoms with Gasteiger partial charge in [-0.1, -0.05) is 18.6 Å². The molecule has 1 saturated carbocycles. The number of benzene rings is 1. The molecule has 1 aliphatic rings. The standard InChI is InChI=1S/C13H19NOS/c1-15-11-6-2-3-7-13(11)16-12-8-4-5-10(12)9-14/h2-3,6-7,10,12H,4-5,8-9,14H2,1H3. The lowest BCUT2D eigenvalue weighted by atomic mass is 10.1. The molecule has 2 unspecified atom stereocenters. The Hall–Kier alpha value is -0.670. The molecule has 3 heteroatoms. The van der Waals surface area contributed by atoms with E-state index in [4.69, 9.17) is 10.5 Å². The maximum absolute atomic E-state index is 5.80. The number of ether oxygens (including phenoxy) is 1. The van der Waals surface area contributed by atoms with Crippen LogP contribution in [0.2, 0.25) is 0 Å². The summed E-state index contributed by atoms with van der Waals surface area (Å²) in [5, 5.41) is 0.668. The largest absolute Gasteiger partial charge is 0.496 e. The molecule has 2 nitrogen and oxygen atoms in total. The van der Waals surface area contributed by atoms with Gasteiger partial charge in [-0.2, -0.15) is 0 Å². The molecule has 2 atom stereocenters. The minimum Gasteiger partial charge on any atom is -0.496 e. The van der Waals surface area contributed by atoms with Crippen molar-refractivity contribution in [1.82, 2.24) is 0 Å². The summed E-state index contributed by atoms with van der Waals surface area (Å²) in [4.78, 5) is 1.25. The van der Waals surface area contributed by atoms with Crippen LogP contribution in [-0.4, -0.2) is 18.9 Å². The molecule has 1 aliphatic carbocycles. The van der Waals surface area contributed by atoms with Crippen LogP contribution in [0.5, 0.6) is 5.75 Å². The van der Waals surface area contributed by atoms with Crippen LogP contribution in [0.15, 0.2) is 29.2 Å². The van der Waals surface area contributed by atoms with Crippen LogP contribution in [0.1, 0.15) is 19.3 Å².